The van der Waals surface area contributed by atoms with Gasteiger partial charge in [0, 0.05) is 36.3 Å². The Hall–Kier alpha value is -1.81. The number of rotatable bonds is 8. The molecule has 0 aliphatic heterocycles. The third-order valence-corrected chi connectivity index (χ3v) is 3.74. The van der Waals surface area contributed by atoms with Crippen molar-refractivity contribution < 1.29 is 4.79 Å². The Morgan fingerprint density at radius 3 is 2.77 bits per heavy atom. The van der Waals surface area contributed by atoms with Crippen LogP contribution < -0.4 is 5.32 Å². The van der Waals surface area contributed by atoms with Crippen molar-refractivity contribution in [2.24, 2.45) is 0 Å². The molecule has 2 rings (SSSR count). The van der Waals surface area contributed by atoms with Crippen molar-refractivity contribution in [1.29, 1.82) is 0 Å². The molecule has 1 aromatic carbocycles. The molecule has 0 aliphatic carbocycles. The minimum atomic E-state index is 0.112. The number of hydrogen-bond acceptors (Lipinski definition) is 2. The van der Waals surface area contributed by atoms with E-state index in [-0.39, 0.29) is 11.9 Å². The van der Waals surface area contributed by atoms with Crippen LogP contribution in [0.25, 0.3) is 0 Å². The van der Waals surface area contributed by atoms with Crippen molar-refractivity contribution in [3.05, 3.63) is 53.1 Å². The first-order chi connectivity index (χ1) is 10.6. The lowest BCUT2D eigenvalue weighted by molar-refractivity contribution is -0.121. The summed E-state index contributed by atoms with van der Waals surface area (Å²) >= 11 is 5.86. The Kier molecular flexibility index (Phi) is 6.46. The van der Waals surface area contributed by atoms with Crippen LogP contribution in [0.2, 0.25) is 5.02 Å². The standard InChI is InChI=1S/C17H22ClN3O/c1-13(12-14-6-8-15(18)9-7-14)21-17(22)5-3-2-4-16-19-10-11-20-16/h6-11,13H,2-5,12H2,1H3,(H,19,20)(H,21,22). The zero-order valence-electron chi connectivity index (χ0n) is 12.8. The van der Waals surface area contributed by atoms with Gasteiger partial charge in [-0.3, -0.25) is 4.79 Å². The van der Waals surface area contributed by atoms with E-state index in [1.165, 1.54) is 5.56 Å². The topological polar surface area (TPSA) is 57.8 Å². The Morgan fingerprint density at radius 1 is 1.32 bits per heavy atom. The highest BCUT2D eigenvalue weighted by Gasteiger charge is 2.08. The van der Waals surface area contributed by atoms with Gasteiger partial charge in [0.25, 0.3) is 0 Å². The highest BCUT2D eigenvalue weighted by Crippen LogP contribution is 2.11. The highest BCUT2D eigenvalue weighted by molar-refractivity contribution is 6.30. The maximum atomic E-state index is 11.9. The van der Waals surface area contributed by atoms with Crippen LogP contribution in [0.4, 0.5) is 0 Å². The van der Waals surface area contributed by atoms with E-state index >= 15 is 0 Å². The second-order valence-corrected chi connectivity index (χ2v) is 5.98. The smallest absolute Gasteiger partial charge is 0.220 e. The summed E-state index contributed by atoms with van der Waals surface area (Å²) in [5.74, 6) is 1.09. The second-order valence-electron chi connectivity index (χ2n) is 5.54. The van der Waals surface area contributed by atoms with Crippen molar-refractivity contribution >= 4 is 17.5 Å². The molecule has 1 heterocycles. The largest absolute Gasteiger partial charge is 0.353 e. The quantitative estimate of drug-likeness (QED) is 0.731. The molecule has 118 valence electrons. The number of hydrogen-bond donors (Lipinski definition) is 2. The zero-order chi connectivity index (χ0) is 15.8. The molecule has 5 heteroatoms. The molecule has 2 aromatic rings. The molecule has 0 saturated heterocycles. The van der Waals surface area contributed by atoms with Gasteiger partial charge in [-0.2, -0.15) is 0 Å². The van der Waals surface area contributed by atoms with Crippen LogP contribution in [0.5, 0.6) is 0 Å². The van der Waals surface area contributed by atoms with Crippen LogP contribution in [-0.2, 0) is 17.6 Å². The van der Waals surface area contributed by atoms with Crippen LogP contribution in [0, 0.1) is 0 Å². The summed E-state index contributed by atoms with van der Waals surface area (Å²) in [6, 6.07) is 7.86. The summed E-state index contributed by atoms with van der Waals surface area (Å²) in [4.78, 5) is 19.1. The fraction of sp³-hybridized carbons (Fsp3) is 0.412. The number of amides is 1. The molecule has 0 aliphatic rings. The van der Waals surface area contributed by atoms with Crippen LogP contribution in [0.15, 0.2) is 36.7 Å². The summed E-state index contributed by atoms with van der Waals surface area (Å²) in [5, 5.41) is 3.77. The summed E-state index contributed by atoms with van der Waals surface area (Å²) in [6.45, 7) is 2.02. The summed E-state index contributed by atoms with van der Waals surface area (Å²) in [6.07, 6.45) is 7.68. The molecule has 1 amide bonds. The predicted molar refractivity (Wildman–Crippen MR) is 88.9 cm³/mol. The molecule has 0 saturated carbocycles. The van der Waals surface area contributed by atoms with Gasteiger partial charge in [0.2, 0.25) is 5.91 Å². The molecule has 0 spiro atoms. The molecule has 0 radical (unpaired) electrons. The maximum absolute atomic E-state index is 11.9. The molecule has 0 bridgehead atoms. The van der Waals surface area contributed by atoms with E-state index in [1.54, 1.807) is 6.20 Å². The van der Waals surface area contributed by atoms with E-state index in [9.17, 15) is 4.79 Å². The fourth-order valence-corrected chi connectivity index (χ4v) is 2.51. The average Bonchev–Trinajstić information content (AvgIpc) is 2.99. The van der Waals surface area contributed by atoms with E-state index in [0.29, 0.717) is 6.42 Å². The number of carbonyl (C=O) groups is 1. The number of aromatic nitrogens is 2. The minimum absolute atomic E-state index is 0.112. The SMILES string of the molecule is CC(Cc1ccc(Cl)cc1)NC(=O)CCCCc1ncc[nH]1. The highest BCUT2D eigenvalue weighted by atomic mass is 35.5. The van der Waals surface area contributed by atoms with Crippen LogP contribution in [-0.4, -0.2) is 21.9 Å². The third kappa shape index (κ3) is 5.90. The molecule has 4 nitrogen and oxygen atoms in total. The van der Waals surface area contributed by atoms with Gasteiger partial charge < -0.3 is 10.3 Å². The minimum Gasteiger partial charge on any atom is -0.353 e. The summed E-state index contributed by atoms with van der Waals surface area (Å²) < 4.78 is 0. The lowest BCUT2D eigenvalue weighted by Crippen LogP contribution is -2.33. The Balaban J connectivity index is 1.62. The van der Waals surface area contributed by atoms with E-state index in [1.807, 2.05) is 37.4 Å². The molecular formula is C17H22ClN3O. The van der Waals surface area contributed by atoms with E-state index in [2.05, 4.69) is 15.3 Å². The lowest BCUT2D eigenvalue weighted by atomic mass is 10.1. The summed E-state index contributed by atoms with van der Waals surface area (Å²) in [5.41, 5.74) is 1.18. The average molecular weight is 320 g/mol. The van der Waals surface area contributed by atoms with E-state index < -0.39 is 0 Å². The number of carbonyl (C=O) groups excluding carboxylic acids is 1. The van der Waals surface area contributed by atoms with E-state index in [4.69, 9.17) is 11.6 Å². The first-order valence-electron chi connectivity index (χ1n) is 7.65. The van der Waals surface area contributed by atoms with Crippen molar-refractivity contribution in [1.82, 2.24) is 15.3 Å². The molecule has 1 atom stereocenters. The van der Waals surface area contributed by atoms with Gasteiger partial charge in [-0.1, -0.05) is 23.7 Å². The number of halogens is 1. The first-order valence-corrected chi connectivity index (χ1v) is 8.03. The molecule has 2 N–H and O–H groups in total. The zero-order valence-corrected chi connectivity index (χ0v) is 13.6. The summed E-state index contributed by atoms with van der Waals surface area (Å²) in [7, 11) is 0. The molecule has 1 aromatic heterocycles. The van der Waals surface area contributed by atoms with Crippen LogP contribution in [0.3, 0.4) is 0 Å². The van der Waals surface area contributed by atoms with Crippen molar-refractivity contribution in [3.63, 3.8) is 0 Å². The normalized spacial score (nSPS) is 12.1. The second kappa shape index (κ2) is 8.59. The maximum Gasteiger partial charge on any atom is 0.220 e. The van der Waals surface area contributed by atoms with E-state index in [0.717, 1.165) is 36.5 Å². The number of imidazole rings is 1. The fourth-order valence-electron chi connectivity index (χ4n) is 2.38. The van der Waals surface area contributed by atoms with Crippen molar-refractivity contribution in [2.75, 3.05) is 0 Å². The molecule has 1 unspecified atom stereocenters. The van der Waals surface area contributed by atoms with Crippen LogP contribution in [0.1, 0.15) is 37.6 Å². The number of benzene rings is 1. The number of nitrogens with one attached hydrogen (secondary N) is 2. The lowest BCUT2D eigenvalue weighted by Gasteiger charge is -2.14. The number of aromatic amines is 1. The number of nitrogens with zero attached hydrogens (tertiary/aromatic N) is 1. The first kappa shape index (κ1) is 16.6. The van der Waals surface area contributed by atoms with Gasteiger partial charge in [0.1, 0.15) is 5.82 Å². The molecule has 22 heavy (non-hydrogen) atoms. The van der Waals surface area contributed by atoms with Gasteiger partial charge in [0.15, 0.2) is 0 Å². The number of unbranched alkanes of at least 4 members (excludes halogenated alkanes) is 1. The third-order valence-electron chi connectivity index (χ3n) is 3.48. The van der Waals surface area contributed by atoms with Crippen molar-refractivity contribution in [2.45, 2.75) is 45.1 Å². The Bertz CT molecular complexity index is 566. The monoisotopic (exact) mass is 319 g/mol. The van der Waals surface area contributed by atoms with Crippen LogP contribution >= 0.6 is 11.6 Å². The Labute approximate surface area is 136 Å². The molecular weight excluding hydrogens is 298 g/mol. The van der Waals surface area contributed by atoms with Gasteiger partial charge in [0.05, 0.1) is 0 Å². The van der Waals surface area contributed by atoms with Gasteiger partial charge in [-0.15, -0.1) is 0 Å². The van der Waals surface area contributed by atoms with Gasteiger partial charge in [-0.05, 0) is 43.9 Å². The van der Waals surface area contributed by atoms with Gasteiger partial charge in [-0.25, -0.2) is 4.98 Å². The Morgan fingerprint density at radius 2 is 2.09 bits per heavy atom. The number of aryl methyl sites for hydroxylation is 1. The molecule has 0 fully saturated rings. The van der Waals surface area contributed by atoms with Crippen molar-refractivity contribution in [3.8, 4) is 0 Å². The number of H-pyrrole nitrogens is 1. The predicted octanol–water partition coefficient (Wildman–Crippen LogP) is 3.52. The van der Waals surface area contributed by atoms with Gasteiger partial charge >= 0.3 is 0 Å².